The minimum Gasteiger partial charge on any atom is -0.380 e. The summed E-state index contributed by atoms with van der Waals surface area (Å²) in [5.41, 5.74) is 4.20. The van der Waals surface area contributed by atoms with E-state index >= 15 is 0 Å². The fraction of sp³-hybridized carbons (Fsp3) is 0.0667. The Bertz CT molecular complexity index is 677. The summed E-state index contributed by atoms with van der Waals surface area (Å²) in [6.07, 6.45) is 5.09. The van der Waals surface area contributed by atoms with Crippen molar-refractivity contribution in [3.8, 4) is 11.3 Å². The van der Waals surface area contributed by atoms with Gasteiger partial charge in [-0.1, -0.05) is 35.9 Å². The predicted octanol–water partition coefficient (Wildman–Crippen LogP) is 3.74. The number of halogens is 1. The van der Waals surface area contributed by atoms with Gasteiger partial charge in [0.2, 0.25) is 0 Å². The van der Waals surface area contributed by atoms with E-state index in [1.165, 1.54) is 5.56 Å². The van der Waals surface area contributed by atoms with E-state index in [0.29, 0.717) is 11.6 Å². The van der Waals surface area contributed by atoms with E-state index in [-0.39, 0.29) is 0 Å². The van der Waals surface area contributed by atoms with Crippen molar-refractivity contribution in [2.24, 2.45) is 0 Å². The maximum atomic E-state index is 6.05. The van der Waals surface area contributed by atoms with E-state index in [1.807, 2.05) is 12.1 Å². The van der Waals surface area contributed by atoms with Crippen molar-refractivity contribution in [1.82, 2.24) is 15.2 Å². The lowest BCUT2D eigenvalue weighted by atomic mass is 10.1. The summed E-state index contributed by atoms with van der Waals surface area (Å²) >= 11 is 6.05. The number of anilines is 1. The third kappa shape index (κ3) is 2.81. The Morgan fingerprint density at radius 2 is 1.90 bits per heavy atom. The van der Waals surface area contributed by atoms with Crippen molar-refractivity contribution in [3.63, 3.8) is 0 Å². The summed E-state index contributed by atoms with van der Waals surface area (Å²) in [4.78, 5) is 3.96. The van der Waals surface area contributed by atoms with Gasteiger partial charge in [0.15, 0.2) is 0 Å². The molecule has 2 N–H and O–H groups in total. The van der Waals surface area contributed by atoms with E-state index in [9.17, 15) is 0 Å². The molecule has 0 aliphatic rings. The molecule has 0 amide bonds. The zero-order valence-electron chi connectivity index (χ0n) is 10.7. The van der Waals surface area contributed by atoms with Crippen LogP contribution in [0.5, 0.6) is 0 Å². The smallest absolute Gasteiger partial charge is 0.0820 e. The lowest BCUT2D eigenvalue weighted by Crippen LogP contribution is -2.00. The molecule has 20 heavy (non-hydrogen) atoms. The van der Waals surface area contributed by atoms with Gasteiger partial charge in [-0.25, -0.2) is 0 Å². The molecule has 0 bridgehead atoms. The fourth-order valence-corrected chi connectivity index (χ4v) is 2.12. The van der Waals surface area contributed by atoms with Crippen LogP contribution in [-0.4, -0.2) is 15.2 Å². The number of H-pyrrole nitrogens is 1. The maximum Gasteiger partial charge on any atom is 0.0820 e. The molecule has 0 unspecified atom stereocenters. The van der Waals surface area contributed by atoms with Gasteiger partial charge in [0.1, 0.15) is 0 Å². The van der Waals surface area contributed by atoms with Gasteiger partial charge in [-0.15, -0.1) is 0 Å². The molecule has 2 heterocycles. The average molecular weight is 285 g/mol. The molecule has 0 saturated heterocycles. The Hall–Kier alpha value is -2.33. The molecular weight excluding hydrogens is 272 g/mol. The Morgan fingerprint density at radius 1 is 1.05 bits per heavy atom. The van der Waals surface area contributed by atoms with E-state index in [0.717, 1.165) is 16.9 Å². The molecule has 0 radical (unpaired) electrons. The van der Waals surface area contributed by atoms with Crippen LogP contribution in [0.1, 0.15) is 5.56 Å². The van der Waals surface area contributed by atoms with Crippen molar-refractivity contribution in [1.29, 1.82) is 0 Å². The summed E-state index contributed by atoms with van der Waals surface area (Å²) in [5.74, 6) is 0. The molecule has 3 rings (SSSR count). The largest absolute Gasteiger partial charge is 0.380 e. The van der Waals surface area contributed by atoms with Crippen LogP contribution in [0.25, 0.3) is 11.3 Å². The van der Waals surface area contributed by atoms with E-state index < -0.39 is 0 Å². The molecule has 0 aliphatic carbocycles. The van der Waals surface area contributed by atoms with Gasteiger partial charge in [-0.3, -0.25) is 10.1 Å². The van der Waals surface area contributed by atoms with Crippen LogP contribution in [-0.2, 0) is 6.54 Å². The van der Waals surface area contributed by atoms with Crippen LogP contribution in [0.15, 0.2) is 55.0 Å². The Balaban J connectivity index is 1.68. The summed E-state index contributed by atoms with van der Waals surface area (Å²) in [5, 5.41) is 10.8. The Labute approximate surface area is 121 Å². The SMILES string of the molecule is Clc1cnccc1NCc1ccc(-c2ccn[nH]2)cc1. The van der Waals surface area contributed by atoms with Gasteiger partial charge >= 0.3 is 0 Å². The monoisotopic (exact) mass is 284 g/mol. The molecule has 1 aromatic carbocycles. The lowest BCUT2D eigenvalue weighted by Gasteiger charge is -2.08. The molecule has 0 spiro atoms. The first-order chi connectivity index (χ1) is 9.83. The second kappa shape index (κ2) is 5.75. The molecule has 3 aromatic rings. The summed E-state index contributed by atoms with van der Waals surface area (Å²) in [6, 6.07) is 12.1. The number of aromatic nitrogens is 3. The molecule has 2 aromatic heterocycles. The average Bonchev–Trinajstić information content (AvgIpc) is 3.01. The van der Waals surface area contributed by atoms with Crippen LogP contribution in [0, 0.1) is 0 Å². The van der Waals surface area contributed by atoms with Crippen LogP contribution >= 0.6 is 11.6 Å². The number of benzene rings is 1. The number of hydrogen-bond donors (Lipinski definition) is 2. The Kier molecular flexibility index (Phi) is 3.65. The second-order valence-corrected chi connectivity index (χ2v) is 4.78. The molecular formula is C15H13ClN4. The second-order valence-electron chi connectivity index (χ2n) is 4.38. The van der Waals surface area contributed by atoms with Gasteiger partial charge in [0.05, 0.1) is 16.4 Å². The zero-order chi connectivity index (χ0) is 13.8. The standard InChI is InChI=1S/C15H13ClN4/c16-13-10-17-7-5-15(13)18-9-11-1-3-12(4-2-11)14-6-8-19-20-14/h1-8,10H,9H2,(H,17,18)(H,19,20). The highest BCUT2D eigenvalue weighted by atomic mass is 35.5. The van der Waals surface area contributed by atoms with Crippen molar-refractivity contribution in [2.45, 2.75) is 6.54 Å². The van der Waals surface area contributed by atoms with E-state index in [4.69, 9.17) is 11.6 Å². The first kappa shape index (κ1) is 12.7. The predicted molar refractivity (Wildman–Crippen MR) is 80.6 cm³/mol. The third-order valence-electron chi connectivity index (χ3n) is 3.02. The molecule has 0 aliphatic heterocycles. The van der Waals surface area contributed by atoms with Crippen molar-refractivity contribution >= 4 is 17.3 Å². The van der Waals surface area contributed by atoms with Gasteiger partial charge in [0, 0.05) is 25.1 Å². The molecule has 0 fully saturated rings. The highest BCUT2D eigenvalue weighted by Crippen LogP contribution is 2.21. The molecule has 100 valence electrons. The number of hydrogen-bond acceptors (Lipinski definition) is 3. The molecule has 5 heteroatoms. The normalized spacial score (nSPS) is 10.4. The topological polar surface area (TPSA) is 53.6 Å². The van der Waals surface area contributed by atoms with Gasteiger partial charge in [0.25, 0.3) is 0 Å². The first-order valence-corrected chi connectivity index (χ1v) is 6.63. The highest BCUT2D eigenvalue weighted by molar-refractivity contribution is 6.33. The number of nitrogens with one attached hydrogen (secondary N) is 2. The minimum absolute atomic E-state index is 0.626. The summed E-state index contributed by atoms with van der Waals surface area (Å²) in [7, 11) is 0. The maximum absolute atomic E-state index is 6.05. The van der Waals surface area contributed by atoms with E-state index in [2.05, 4.69) is 44.8 Å². The van der Waals surface area contributed by atoms with Crippen LogP contribution in [0.4, 0.5) is 5.69 Å². The number of aromatic amines is 1. The molecule has 0 atom stereocenters. The molecule has 0 saturated carbocycles. The number of rotatable bonds is 4. The van der Waals surface area contributed by atoms with Crippen LogP contribution < -0.4 is 5.32 Å². The fourth-order valence-electron chi connectivity index (χ4n) is 1.93. The van der Waals surface area contributed by atoms with Crippen molar-refractivity contribution in [3.05, 3.63) is 65.6 Å². The summed E-state index contributed by atoms with van der Waals surface area (Å²) in [6.45, 7) is 0.715. The number of pyridine rings is 1. The van der Waals surface area contributed by atoms with Crippen molar-refractivity contribution < 1.29 is 0 Å². The first-order valence-electron chi connectivity index (χ1n) is 6.25. The van der Waals surface area contributed by atoms with Gasteiger partial charge in [-0.05, 0) is 23.3 Å². The Morgan fingerprint density at radius 3 is 2.60 bits per heavy atom. The van der Waals surface area contributed by atoms with Crippen molar-refractivity contribution in [2.75, 3.05) is 5.32 Å². The quantitative estimate of drug-likeness (QED) is 0.767. The lowest BCUT2D eigenvalue weighted by molar-refractivity contribution is 1.09. The van der Waals surface area contributed by atoms with Gasteiger partial charge in [-0.2, -0.15) is 5.10 Å². The summed E-state index contributed by atoms with van der Waals surface area (Å²) < 4.78 is 0. The van der Waals surface area contributed by atoms with Crippen LogP contribution in [0.3, 0.4) is 0 Å². The molecule has 4 nitrogen and oxygen atoms in total. The van der Waals surface area contributed by atoms with Crippen LogP contribution in [0.2, 0.25) is 5.02 Å². The minimum atomic E-state index is 0.626. The zero-order valence-corrected chi connectivity index (χ0v) is 11.4. The van der Waals surface area contributed by atoms with E-state index in [1.54, 1.807) is 18.6 Å². The highest BCUT2D eigenvalue weighted by Gasteiger charge is 2.01. The third-order valence-corrected chi connectivity index (χ3v) is 3.32. The van der Waals surface area contributed by atoms with Gasteiger partial charge < -0.3 is 5.32 Å². The number of nitrogens with zero attached hydrogens (tertiary/aromatic N) is 2.